The zero-order valence-electron chi connectivity index (χ0n) is 11.0. The topological polar surface area (TPSA) is 55.6 Å². The molecule has 1 saturated heterocycles. The molecule has 2 N–H and O–H groups in total. The van der Waals surface area contributed by atoms with Crippen LogP contribution in [0.2, 0.25) is 0 Å². The third-order valence-corrected chi connectivity index (χ3v) is 3.51. The van der Waals surface area contributed by atoms with Gasteiger partial charge in [0, 0.05) is 32.8 Å². The summed E-state index contributed by atoms with van der Waals surface area (Å²) in [5.41, 5.74) is 5.75. The molecule has 0 aromatic heterocycles. The summed E-state index contributed by atoms with van der Waals surface area (Å²) >= 11 is 0. The smallest absolute Gasteiger partial charge is 0.226 e. The van der Waals surface area contributed by atoms with Crippen LogP contribution in [0.15, 0.2) is 0 Å². The standard InChI is InChI=1S/C12H24N2O2.ClH/c1-9(10(2)13)12(15)14-6-4-11(5-7-14)8-16-3;/h9-11H,4-8,13H2,1-3H3;1H. The highest BCUT2D eigenvalue weighted by atomic mass is 35.5. The van der Waals surface area contributed by atoms with Gasteiger partial charge in [-0.25, -0.2) is 0 Å². The molecule has 1 fully saturated rings. The Morgan fingerprint density at radius 3 is 2.35 bits per heavy atom. The predicted octanol–water partition coefficient (Wildman–Crippen LogP) is 1.28. The Morgan fingerprint density at radius 1 is 1.41 bits per heavy atom. The Bertz CT molecular complexity index is 229. The first-order valence-electron chi connectivity index (χ1n) is 6.09. The molecule has 0 spiro atoms. The van der Waals surface area contributed by atoms with E-state index in [4.69, 9.17) is 10.5 Å². The molecule has 1 heterocycles. The van der Waals surface area contributed by atoms with Gasteiger partial charge >= 0.3 is 0 Å². The Kier molecular flexibility index (Phi) is 7.75. The summed E-state index contributed by atoms with van der Waals surface area (Å²) in [5.74, 6) is 0.740. The first kappa shape index (κ1) is 16.7. The van der Waals surface area contributed by atoms with Gasteiger partial charge in [-0.3, -0.25) is 4.79 Å². The van der Waals surface area contributed by atoms with Crippen molar-refractivity contribution in [2.75, 3.05) is 26.8 Å². The van der Waals surface area contributed by atoms with Crippen molar-refractivity contribution in [3.8, 4) is 0 Å². The number of methoxy groups -OCH3 is 1. The van der Waals surface area contributed by atoms with Crippen molar-refractivity contribution in [3.63, 3.8) is 0 Å². The summed E-state index contributed by atoms with van der Waals surface area (Å²) in [5, 5.41) is 0. The number of halogens is 1. The quantitative estimate of drug-likeness (QED) is 0.832. The van der Waals surface area contributed by atoms with Crippen molar-refractivity contribution in [2.24, 2.45) is 17.6 Å². The lowest BCUT2D eigenvalue weighted by Gasteiger charge is -2.34. The van der Waals surface area contributed by atoms with Gasteiger partial charge in [-0.1, -0.05) is 6.92 Å². The van der Waals surface area contributed by atoms with Gasteiger partial charge in [-0.05, 0) is 25.7 Å². The molecule has 0 bridgehead atoms. The molecule has 0 radical (unpaired) electrons. The van der Waals surface area contributed by atoms with Crippen molar-refractivity contribution >= 4 is 18.3 Å². The van der Waals surface area contributed by atoms with Crippen LogP contribution in [-0.4, -0.2) is 43.7 Å². The first-order chi connectivity index (χ1) is 7.56. The Balaban J connectivity index is 0.00000256. The fourth-order valence-electron chi connectivity index (χ4n) is 2.07. The number of amides is 1. The number of piperidine rings is 1. The van der Waals surface area contributed by atoms with Gasteiger partial charge < -0.3 is 15.4 Å². The summed E-state index contributed by atoms with van der Waals surface area (Å²) < 4.78 is 5.14. The van der Waals surface area contributed by atoms with Crippen molar-refractivity contribution in [3.05, 3.63) is 0 Å². The fourth-order valence-corrected chi connectivity index (χ4v) is 2.07. The molecular formula is C12H25ClN2O2. The monoisotopic (exact) mass is 264 g/mol. The largest absolute Gasteiger partial charge is 0.384 e. The number of likely N-dealkylation sites (tertiary alicyclic amines) is 1. The molecule has 0 aliphatic carbocycles. The summed E-state index contributed by atoms with van der Waals surface area (Å²) in [7, 11) is 1.73. The second-order valence-electron chi connectivity index (χ2n) is 4.87. The normalized spacial score (nSPS) is 20.6. The van der Waals surface area contributed by atoms with Crippen LogP contribution in [0.3, 0.4) is 0 Å². The predicted molar refractivity (Wildman–Crippen MR) is 71.2 cm³/mol. The van der Waals surface area contributed by atoms with Gasteiger partial charge in [0.05, 0.1) is 5.92 Å². The van der Waals surface area contributed by atoms with Gasteiger partial charge in [-0.2, -0.15) is 0 Å². The maximum absolute atomic E-state index is 12.0. The van der Waals surface area contributed by atoms with Crippen LogP contribution in [0, 0.1) is 11.8 Å². The Hall–Kier alpha value is -0.320. The minimum absolute atomic E-state index is 0. The number of carbonyl (C=O) groups excluding carboxylic acids is 1. The third-order valence-electron chi connectivity index (χ3n) is 3.51. The van der Waals surface area contributed by atoms with Gasteiger partial charge in [0.1, 0.15) is 0 Å². The number of carbonyl (C=O) groups is 1. The minimum atomic E-state index is -0.0704. The second kappa shape index (κ2) is 7.90. The van der Waals surface area contributed by atoms with Crippen LogP contribution in [0.1, 0.15) is 26.7 Å². The molecule has 2 unspecified atom stereocenters. The van der Waals surface area contributed by atoms with E-state index >= 15 is 0 Å². The minimum Gasteiger partial charge on any atom is -0.384 e. The van der Waals surface area contributed by atoms with Crippen LogP contribution < -0.4 is 5.73 Å². The van der Waals surface area contributed by atoms with E-state index in [9.17, 15) is 4.79 Å². The highest BCUT2D eigenvalue weighted by molar-refractivity contribution is 5.85. The van der Waals surface area contributed by atoms with Crippen LogP contribution in [0.5, 0.6) is 0 Å². The van der Waals surface area contributed by atoms with E-state index < -0.39 is 0 Å². The molecule has 0 aromatic rings. The number of hydrogen-bond donors (Lipinski definition) is 1. The highest BCUT2D eigenvalue weighted by Crippen LogP contribution is 2.19. The molecule has 17 heavy (non-hydrogen) atoms. The van der Waals surface area contributed by atoms with E-state index in [2.05, 4.69) is 0 Å². The van der Waals surface area contributed by atoms with Crippen LogP contribution in [0.25, 0.3) is 0 Å². The second-order valence-corrected chi connectivity index (χ2v) is 4.87. The summed E-state index contributed by atoms with van der Waals surface area (Å²) in [4.78, 5) is 14.0. The van der Waals surface area contributed by atoms with Gasteiger partial charge in [0.2, 0.25) is 5.91 Å². The number of ether oxygens (including phenoxy) is 1. The number of hydrogen-bond acceptors (Lipinski definition) is 3. The molecule has 2 atom stereocenters. The molecule has 4 nitrogen and oxygen atoms in total. The molecule has 0 aromatic carbocycles. The fraction of sp³-hybridized carbons (Fsp3) is 0.917. The van der Waals surface area contributed by atoms with E-state index in [1.165, 1.54) is 0 Å². The first-order valence-corrected chi connectivity index (χ1v) is 6.09. The average Bonchev–Trinajstić information content (AvgIpc) is 2.28. The number of nitrogens with zero attached hydrogens (tertiary/aromatic N) is 1. The van der Waals surface area contributed by atoms with E-state index in [0.717, 1.165) is 32.5 Å². The maximum Gasteiger partial charge on any atom is 0.226 e. The lowest BCUT2D eigenvalue weighted by Crippen LogP contribution is -2.45. The number of nitrogens with two attached hydrogens (primary N) is 1. The average molecular weight is 265 g/mol. The van der Waals surface area contributed by atoms with Crippen LogP contribution in [-0.2, 0) is 9.53 Å². The van der Waals surface area contributed by atoms with Crippen LogP contribution >= 0.6 is 12.4 Å². The van der Waals surface area contributed by atoms with Gasteiger partial charge in [0.25, 0.3) is 0 Å². The third kappa shape index (κ3) is 4.82. The maximum atomic E-state index is 12.0. The van der Waals surface area contributed by atoms with Crippen molar-refractivity contribution in [1.29, 1.82) is 0 Å². The number of rotatable bonds is 4. The lowest BCUT2D eigenvalue weighted by atomic mass is 9.95. The van der Waals surface area contributed by atoms with Crippen LogP contribution in [0.4, 0.5) is 0 Å². The van der Waals surface area contributed by atoms with Crippen molar-refractivity contribution in [2.45, 2.75) is 32.7 Å². The molecule has 1 rings (SSSR count). The van der Waals surface area contributed by atoms with E-state index in [1.54, 1.807) is 7.11 Å². The zero-order valence-corrected chi connectivity index (χ0v) is 11.8. The highest BCUT2D eigenvalue weighted by Gasteiger charge is 2.27. The van der Waals surface area contributed by atoms with E-state index in [0.29, 0.717) is 5.92 Å². The SMILES string of the molecule is COCC1CCN(C(=O)C(C)C(C)N)CC1.Cl. The summed E-state index contributed by atoms with van der Waals surface area (Å²) in [6.07, 6.45) is 2.09. The molecule has 0 saturated carbocycles. The Labute approximate surface area is 110 Å². The van der Waals surface area contributed by atoms with Gasteiger partial charge in [-0.15, -0.1) is 12.4 Å². The molecule has 102 valence electrons. The molecule has 1 aliphatic rings. The molecule has 1 aliphatic heterocycles. The Morgan fingerprint density at radius 2 is 1.94 bits per heavy atom. The lowest BCUT2D eigenvalue weighted by molar-refractivity contribution is -0.137. The summed E-state index contributed by atoms with van der Waals surface area (Å²) in [6, 6.07) is -0.0656. The van der Waals surface area contributed by atoms with E-state index in [-0.39, 0.29) is 30.3 Å². The zero-order chi connectivity index (χ0) is 12.1. The molecule has 1 amide bonds. The van der Waals surface area contributed by atoms with Crippen molar-refractivity contribution < 1.29 is 9.53 Å². The van der Waals surface area contributed by atoms with E-state index in [1.807, 2.05) is 18.7 Å². The van der Waals surface area contributed by atoms with Crippen molar-refractivity contribution in [1.82, 2.24) is 4.90 Å². The molecule has 5 heteroatoms. The molecular weight excluding hydrogens is 240 g/mol. The summed E-state index contributed by atoms with van der Waals surface area (Å²) in [6.45, 7) is 6.31. The van der Waals surface area contributed by atoms with Gasteiger partial charge in [0.15, 0.2) is 0 Å².